The standard InChI is InChI=1S/C18H21N3O5/c1-25-15-7-11-6-14(17(22)20-5-3-4-13(20)9-19)21(18(23)24)10-12(11)8-16(15)26-2/h7-8,13-14H,3-6,10H2,1-2H3,(H,23,24). The fraction of sp³-hybridized carbons (Fsp3) is 0.500. The van der Waals surface area contributed by atoms with Crippen LogP contribution in [0.25, 0.3) is 0 Å². The van der Waals surface area contributed by atoms with Gasteiger partial charge in [0.25, 0.3) is 0 Å². The minimum Gasteiger partial charge on any atom is -0.493 e. The highest BCUT2D eigenvalue weighted by Gasteiger charge is 2.40. The van der Waals surface area contributed by atoms with Crippen molar-refractivity contribution in [3.63, 3.8) is 0 Å². The molecule has 0 aromatic heterocycles. The van der Waals surface area contributed by atoms with Crippen LogP contribution in [-0.2, 0) is 17.8 Å². The Morgan fingerprint density at radius 1 is 1.19 bits per heavy atom. The van der Waals surface area contributed by atoms with Crippen molar-refractivity contribution in [2.45, 2.75) is 37.9 Å². The van der Waals surface area contributed by atoms with E-state index in [1.54, 1.807) is 12.1 Å². The second-order valence-electron chi connectivity index (χ2n) is 6.43. The van der Waals surface area contributed by atoms with E-state index >= 15 is 0 Å². The minimum atomic E-state index is -1.16. The van der Waals surface area contributed by atoms with Crippen molar-refractivity contribution in [2.24, 2.45) is 0 Å². The predicted molar refractivity (Wildman–Crippen MR) is 91.0 cm³/mol. The molecule has 0 aliphatic carbocycles. The van der Waals surface area contributed by atoms with Gasteiger partial charge in [0.15, 0.2) is 11.5 Å². The monoisotopic (exact) mass is 359 g/mol. The van der Waals surface area contributed by atoms with Crippen LogP contribution in [0.15, 0.2) is 12.1 Å². The van der Waals surface area contributed by atoms with Crippen LogP contribution >= 0.6 is 0 Å². The topological polar surface area (TPSA) is 103 Å². The quantitative estimate of drug-likeness (QED) is 0.880. The summed E-state index contributed by atoms with van der Waals surface area (Å²) in [7, 11) is 3.05. The number of methoxy groups -OCH3 is 2. The van der Waals surface area contributed by atoms with Crippen molar-refractivity contribution in [3.8, 4) is 17.6 Å². The summed E-state index contributed by atoms with van der Waals surface area (Å²) >= 11 is 0. The molecule has 2 amide bonds. The Kier molecular flexibility index (Phi) is 4.89. The van der Waals surface area contributed by atoms with Gasteiger partial charge >= 0.3 is 6.09 Å². The van der Waals surface area contributed by atoms with Gasteiger partial charge in [-0.3, -0.25) is 9.69 Å². The number of amides is 2. The van der Waals surface area contributed by atoms with Crippen LogP contribution in [0.2, 0.25) is 0 Å². The molecular weight excluding hydrogens is 338 g/mol. The summed E-state index contributed by atoms with van der Waals surface area (Å²) in [6.45, 7) is 0.576. The van der Waals surface area contributed by atoms with E-state index < -0.39 is 18.2 Å². The van der Waals surface area contributed by atoms with Crippen molar-refractivity contribution < 1.29 is 24.2 Å². The predicted octanol–water partition coefficient (Wildman–Crippen LogP) is 1.62. The third kappa shape index (κ3) is 3.01. The minimum absolute atomic E-state index is 0.0898. The first-order chi connectivity index (χ1) is 12.5. The second-order valence-corrected chi connectivity index (χ2v) is 6.43. The zero-order valence-corrected chi connectivity index (χ0v) is 14.8. The van der Waals surface area contributed by atoms with Gasteiger partial charge in [0.2, 0.25) is 5.91 Å². The van der Waals surface area contributed by atoms with E-state index in [9.17, 15) is 20.0 Å². The molecule has 8 heteroatoms. The Morgan fingerprint density at radius 3 is 2.42 bits per heavy atom. The molecule has 1 fully saturated rings. The van der Waals surface area contributed by atoms with Gasteiger partial charge in [-0.15, -0.1) is 0 Å². The average Bonchev–Trinajstić information content (AvgIpc) is 3.13. The number of nitriles is 1. The molecule has 8 nitrogen and oxygen atoms in total. The molecule has 26 heavy (non-hydrogen) atoms. The number of carboxylic acid groups (broad SMARTS) is 1. The van der Waals surface area contributed by atoms with Gasteiger partial charge in [-0.05, 0) is 36.1 Å². The first kappa shape index (κ1) is 17.9. The lowest BCUT2D eigenvalue weighted by Crippen LogP contribution is -2.54. The van der Waals surface area contributed by atoms with Crippen LogP contribution in [0.1, 0.15) is 24.0 Å². The maximum Gasteiger partial charge on any atom is 0.408 e. The third-order valence-corrected chi connectivity index (χ3v) is 5.05. The van der Waals surface area contributed by atoms with E-state index in [0.717, 1.165) is 22.4 Å². The number of nitrogens with zero attached hydrogens (tertiary/aromatic N) is 3. The molecule has 2 heterocycles. The fourth-order valence-corrected chi connectivity index (χ4v) is 3.69. The third-order valence-electron chi connectivity index (χ3n) is 5.05. The molecule has 1 saturated heterocycles. The van der Waals surface area contributed by atoms with E-state index in [2.05, 4.69) is 6.07 Å². The molecular formula is C18H21N3O5. The van der Waals surface area contributed by atoms with E-state index in [-0.39, 0.29) is 18.9 Å². The van der Waals surface area contributed by atoms with Crippen LogP contribution in [0.5, 0.6) is 11.5 Å². The highest BCUT2D eigenvalue weighted by molar-refractivity contribution is 5.87. The molecule has 0 spiro atoms. The van der Waals surface area contributed by atoms with Gasteiger partial charge in [-0.1, -0.05) is 0 Å². The van der Waals surface area contributed by atoms with Crippen LogP contribution < -0.4 is 9.47 Å². The lowest BCUT2D eigenvalue weighted by molar-refractivity contribution is -0.136. The molecule has 1 aromatic rings. The van der Waals surface area contributed by atoms with Crippen LogP contribution in [-0.4, -0.2) is 59.8 Å². The van der Waals surface area contributed by atoms with Crippen LogP contribution in [0.3, 0.4) is 0 Å². The Hall–Kier alpha value is -2.95. The number of carbonyl (C=O) groups is 2. The van der Waals surface area contributed by atoms with Gasteiger partial charge < -0.3 is 19.5 Å². The highest BCUT2D eigenvalue weighted by Crippen LogP contribution is 2.35. The van der Waals surface area contributed by atoms with Crippen molar-refractivity contribution in [1.82, 2.24) is 9.80 Å². The van der Waals surface area contributed by atoms with E-state index in [1.165, 1.54) is 19.1 Å². The molecule has 2 aliphatic heterocycles. The van der Waals surface area contributed by atoms with Crippen LogP contribution in [0, 0.1) is 11.3 Å². The Balaban J connectivity index is 1.95. The zero-order valence-electron chi connectivity index (χ0n) is 14.8. The fourth-order valence-electron chi connectivity index (χ4n) is 3.69. The molecule has 3 rings (SSSR count). The summed E-state index contributed by atoms with van der Waals surface area (Å²) in [4.78, 5) is 27.4. The Labute approximate surface area is 151 Å². The maximum absolute atomic E-state index is 13.0. The molecule has 2 atom stereocenters. The average molecular weight is 359 g/mol. The van der Waals surface area contributed by atoms with Crippen molar-refractivity contribution in [3.05, 3.63) is 23.3 Å². The zero-order chi connectivity index (χ0) is 18.8. The molecule has 0 bridgehead atoms. The van der Waals surface area contributed by atoms with Crippen molar-refractivity contribution in [1.29, 1.82) is 5.26 Å². The van der Waals surface area contributed by atoms with Crippen molar-refractivity contribution >= 4 is 12.0 Å². The Bertz CT molecular complexity index is 773. The van der Waals surface area contributed by atoms with E-state index in [4.69, 9.17) is 9.47 Å². The SMILES string of the molecule is COc1cc2c(cc1OC)CN(C(=O)O)C(C(=O)N1CCCC1C#N)C2. The smallest absolute Gasteiger partial charge is 0.408 e. The van der Waals surface area contributed by atoms with E-state index in [0.29, 0.717) is 24.5 Å². The summed E-state index contributed by atoms with van der Waals surface area (Å²) in [5.74, 6) is 0.750. The number of carbonyl (C=O) groups excluding carboxylic acids is 1. The molecule has 1 N–H and O–H groups in total. The van der Waals surface area contributed by atoms with Gasteiger partial charge in [0.05, 0.1) is 26.8 Å². The summed E-state index contributed by atoms with van der Waals surface area (Å²) in [5, 5.41) is 18.8. The first-order valence-corrected chi connectivity index (χ1v) is 8.43. The molecule has 2 unspecified atom stereocenters. The summed E-state index contributed by atoms with van der Waals surface area (Å²) in [6.07, 6.45) is 0.473. The molecule has 0 saturated carbocycles. The van der Waals surface area contributed by atoms with Gasteiger partial charge in [-0.25, -0.2) is 4.79 Å². The first-order valence-electron chi connectivity index (χ1n) is 8.43. The number of hydrogen-bond acceptors (Lipinski definition) is 5. The lowest BCUT2D eigenvalue weighted by Gasteiger charge is -2.37. The van der Waals surface area contributed by atoms with E-state index in [1.807, 2.05) is 0 Å². The molecule has 1 aromatic carbocycles. The van der Waals surface area contributed by atoms with Gasteiger partial charge in [0, 0.05) is 13.0 Å². The second kappa shape index (κ2) is 7.12. The normalized spacial score (nSPS) is 21.7. The number of hydrogen-bond donors (Lipinski definition) is 1. The van der Waals surface area contributed by atoms with Crippen LogP contribution in [0.4, 0.5) is 4.79 Å². The summed E-state index contributed by atoms with van der Waals surface area (Å²) in [5.41, 5.74) is 1.64. The number of ether oxygens (including phenoxy) is 2. The summed E-state index contributed by atoms with van der Waals surface area (Å²) < 4.78 is 10.6. The van der Waals surface area contributed by atoms with Gasteiger partial charge in [-0.2, -0.15) is 5.26 Å². The molecule has 2 aliphatic rings. The number of likely N-dealkylation sites (tertiary alicyclic amines) is 1. The highest BCUT2D eigenvalue weighted by atomic mass is 16.5. The number of fused-ring (bicyclic) bond motifs is 1. The Morgan fingerprint density at radius 2 is 1.85 bits per heavy atom. The molecule has 138 valence electrons. The van der Waals surface area contributed by atoms with Crippen molar-refractivity contribution in [2.75, 3.05) is 20.8 Å². The lowest BCUT2D eigenvalue weighted by atomic mass is 9.92. The van der Waals surface area contributed by atoms with Gasteiger partial charge in [0.1, 0.15) is 12.1 Å². The largest absolute Gasteiger partial charge is 0.493 e. The maximum atomic E-state index is 13.0. The summed E-state index contributed by atoms with van der Waals surface area (Å²) in [6, 6.07) is 4.35. The number of benzene rings is 1. The number of rotatable bonds is 3. The molecule has 0 radical (unpaired) electrons.